The Balaban J connectivity index is 1.84. The first kappa shape index (κ1) is 20.1. The van der Waals surface area contributed by atoms with Gasteiger partial charge in [-0.1, -0.05) is 12.1 Å². The Labute approximate surface area is 170 Å². The molecule has 0 aliphatic heterocycles. The molecule has 0 spiro atoms. The normalized spacial score (nSPS) is 10.9. The highest BCUT2D eigenvalue weighted by atomic mass is 32.2. The summed E-state index contributed by atoms with van der Waals surface area (Å²) < 4.78 is 0. The summed E-state index contributed by atoms with van der Waals surface area (Å²) >= 11 is 1.71. The van der Waals surface area contributed by atoms with E-state index in [2.05, 4.69) is 63.0 Å². The second-order valence-corrected chi connectivity index (χ2v) is 7.50. The maximum absolute atomic E-state index is 4.65. The van der Waals surface area contributed by atoms with Gasteiger partial charge in [-0.3, -0.25) is 4.98 Å². The molecule has 6 nitrogen and oxygen atoms in total. The van der Waals surface area contributed by atoms with Crippen LogP contribution in [0.5, 0.6) is 0 Å². The van der Waals surface area contributed by atoms with Crippen molar-refractivity contribution < 1.29 is 0 Å². The Morgan fingerprint density at radius 3 is 2.64 bits per heavy atom. The van der Waals surface area contributed by atoms with E-state index in [9.17, 15) is 0 Å². The number of hydrogen-bond donors (Lipinski definition) is 2. The zero-order valence-corrected chi connectivity index (χ0v) is 17.3. The summed E-state index contributed by atoms with van der Waals surface area (Å²) in [4.78, 5) is 17.1. The maximum Gasteiger partial charge on any atom is 0.225 e. The third-order valence-corrected chi connectivity index (χ3v) is 4.79. The second kappa shape index (κ2) is 10.1. The zero-order valence-electron chi connectivity index (χ0n) is 16.5. The number of nitrogens with zero attached hydrogens (tertiary/aromatic N) is 4. The topological polar surface area (TPSA) is 66.0 Å². The number of nitrogens with one attached hydrogen (secondary N) is 2. The smallest absolute Gasteiger partial charge is 0.225 e. The standard InChI is InChI=1S/C21H26N6S/c1-27(2)13-7-12-23-21-25-19(18-10-4-5-11-22-18)15-20(26-21)24-16-8-6-9-17(14-16)28-3/h4-6,8-11,14-15H,7,12-13H2,1-3H3,(H2,23,24,25,26). The van der Waals surface area contributed by atoms with Crippen molar-refractivity contribution in [3.8, 4) is 11.4 Å². The van der Waals surface area contributed by atoms with E-state index in [0.717, 1.165) is 42.4 Å². The van der Waals surface area contributed by atoms with E-state index in [-0.39, 0.29) is 0 Å². The molecule has 0 saturated carbocycles. The highest BCUT2D eigenvalue weighted by molar-refractivity contribution is 7.98. The third kappa shape index (κ3) is 5.94. The fourth-order valence-corrected chi connectivity index (χ4v) is 3.14. The first-order valence-electron chi connectivity index (χ1n) is 9.24. The number of hydrogen-bond acceptors (Lipinski definition) is 7. The molecule has 0 amide bonds. The molecule has 0 aliphatic carbocycles. The Morgan fingerprint density at radius 1 is 1.00 bits per heavy atom. The molecule has 1 aromatic carbocycles. The van der Waals surface area contributed by atoms with E-state index in [4.69, 9.17) is 0 Å². The minimum Gasteiger partial charge on any atom is -0.354 e. The number of pyridine rings is 1. The first-order chi connectivity index (χ1) is 13.6. The van der Waals surface area contributed by atoms with Crippen LogP contribution in [0, 0.1) is 0 Å². The van der Waals surface area contributed by atoms with Crippen LogP contribution in [0.3, 0.4) is 0 Å². The predicted octanol–water partition coefficient (Wildman–Crippen LogP) is 4.37. The SMILES string of the molecule is CSc1cccc(Nc2cc(-c3ccccn3)nc(NCCCN(C)C)n2)c1. The molecular formula is C21H26N6S. The van der Waals surface area contributed by atoms with Crippen molar-refractivity contribution >= 4 is 29.2 Å². The molecule has 2 aromatic heterocycles. The van der Waals surface area contributed by atoms with Gasteiger partial charge in [-0.25, -0.2) is 4.98 Å². The van der Waals surface area contributed by atoms with Gasteiger partial charge in [-0.2, -0.15) is 4.98 Å². The lowest BCUT2D eigenvalue weighted by molar-refractivity contribution is 0.405. The molecule has 146 valence electrons. The van der Waals surface area contributed by atoms with Gasteiger partial charge in [0.25, 0.3) is 0 Å². The summed E-state index contributed by atoms with van der Waals surface area (Å²) in [5.41, 5.74) is 2.60. The zero-order chi connectivity index (χ0) is 19.8. The average molecular weight is 395 g/mol. The molecule has 0 radical (unpaired) electrons. The molecule has 2 N–H and O–H groups in total. The fourth-order valence-electron chi connectivity index (χ4n) is 2.68. The molecule has 0 unspecified atom stereocenters. The Hall–Kier alpha value is -2.64. The van der Waals surface area contributed by atoms with Crippen LogP contribution >= 0.6 is 11.8 Å². The van der Waals surface area contributed by atoms with Crippen LogP contribution in [-0.4, -0.2) is 53.3 Å². The van der Waals surface area contributed by atoms with Crippen molar-refractivity contribution in [2.75, 3.05) is 44.1 Å². The van der Waals surface area contributed by atoms with Crippen molar-refractivity contribution in [3.63, 3.8) is 0 Å². The number of rotatable bonds is 9. The molecule has 2 heterocycles. The predicted molar refractivity (Wildman–Crippen MR) is 118 cm³/mol. The van der Waals surface area contributed by atoms with E-state index in [1.165, 1.54) is 4.90 Å². The Kier molecular flexibility index (Phi) is 7.22. The van der Waals surface area contributed by atoms with E-state index in [0.29, 0.717) is 5.95 Å². The summed E-state index contributed by atoms with van der Waals surface area (Å²) in [7, 11) is 4.14. The van der Waals surface area contributed by atoms with Crippen molar-refractivity contribution in [3.05, 3.63) is 54.7 Å². The monoisotopic (exact) mass is 394 g/mol. The van der Waals surface area contributed by atoms with Crippen molar-refractivity contribution in [1.29, 1.82) is 0 Å². The number of benzene rings is 1. The van der Waals surface area contributed by atoms with Crippen molar-refractivity contribution in [2.45, 2.75) is 11.3 Å². The summed E-state index contributed by atoms with van der Waals surface area (Å²) in [5.74, 6) is 1.34. The molecule has 3 aromatic rings. The van der Waals surface area contributed by atoms with Gasteiger partial charge in [0.2, 0.25) is 5.95 Å². The molecule has 3 rings (SSSR count). The molecule has 7 heteroatoms. The molecule has 0 bridgehead atoms. The van der Waals surface area contributed by atoms with Gasteiger partial charge >= 0.3 is 0 Å². The van der Waals surface area contributed by atoms with Crippen LogP contribution in [0.2, 0.25) is 0 Å². The van der Waals surface area contributed by atoms with Gasteiger partial charge in [-0.05, 0) is 63.6 Å². The minimum atomic E-state index is 0.602. The largest absolute Gasteiger partial charge is 0.354 e. The van der Waals surface area contributed by atoms with Crippen LogP contribution in [-0.2, 0) is 0 Å². The van der Waals surface area contributed by atoms with Crippen molar-refractivity contribution in [1.82, 2.24) is 19.9 Å². The van der Waals surface area contributed by atoms with E-state index >= 15 is 0 Å². The fraction of sp³-hybridized carbons (Fsp3) is 0.286. The lowest BCUT2D eigenvalue weighted by Gasteiger charge is -2.13. The molecular weight excluding hydrogens is 368 g/mol. The quantitative estimate of drug-likeness (QED) is 0.413. The van der Waals surface area contributed by atoms with Crippen LogP contribution in [0.15, 0.2) is 59.6 Å². The lowest BCUT2D eigenvalue weighted by Crippen LogP contribution is -2.17. The Morgan fingerprint density at radius 2 is 1.89 bits per heavy atom. The highest BCUT2D eigenvalue weighted by Crippen LogP contribution is 2.24. The van der Waals surface area contributed by atoms with Crippen LogP contribution in [0.1, 0.15) is 6.42 Å². The second-order valence-electron chi connectivity index (χ2n) is 6.62. The molecule has 0 fully saturated rings. The number of aromatic nitrogens is 3. The van der Waals surface area contributed by atoms with E-state index < -0.39 is 0 Å². The highest BCUT2D eigenvalue weighted by Gasteiger charge is 2.08. The average Bonchev–Trinajstić information content (AvgIpc) is 2.72. The van der Waals surface area contributed by atoms with Crippen LogP contribution in [0.4, 0.5) is 17.5 Å². The maximum atomic E-state index is 4.65. The van der Waals surface area contributed by atoms with Crippen molar-refractivity contribution in [2.24, 2.45) is 0 Å². The van der Waals surface area contributed by atoms with Crippen LogP contribution < -0.4 is 10.6 Å². The van der Waals surface area contributed by atoms with Gasteiger partial charge in [0.05, 0.1) is 11.4 Å². The summed E-state index contributed by atoms with van der Waals surface area (Å²) in [6.07, 6.45) is 4.86. The minimum absolute atomic E-state index is 0.602. The van der Waals surface area contributed by atoms with E-state index in [1.54, 1.807) is 18.0 Å². The van der Waals surface area contributed by atoms with Gasteiger partial charge in [0, 0.05) is 29.4 Å². The lowest BCUT2D eigenvalue weighted by atomic mass is 10.2. The summed E-state index contributed by atoms with van der Waals surface area (Å²) in [5, 5.41) is 6.74. The first-order valence-corrected chi connectivity index (χ1v) is 10.5. The van der Waals surface area contributed by atoms with Gasteiger partial charge in [0.1, 0.15) is 5.82 Å². The summed E-state index contributed by atoms with van der Waals surface area (Å²) in [6, 6.07) is 16.0. The molecule has 0 atom stereocenters. The van der Waals surface area contributed by atoms with Gasteiger partial charge in [-0.15, -0.1) is 11.8 Å². The number of anilines is 3. The molecule has 0 aliphatic rings. The number of thioether (sulfide) groups is 1. The Bertz CT molecular complexity index is 885. The van der Waals surface area contributed by atoms with Gasteiger partial charge < -0.3 is 15.5 Å². The van der Waals surface area contributed by atoms with Gasteiger partial charge in [0.15, 0.2) is 0 Å². The van der Waals surface area contributed by atoms with Crippen LogP contribution in [0.25, 0.3) is 11.4 Å². The molecule has 0 saturated heterocycles. The summed E-state index contributed by atoms with van der Waals surface area (Å²) in [6.45, 7) is 1.82. The van der Waals surface area contributed by atoms with E-state index in [1.807, 2.05) is 36.4 Å². The third-order valence-electron chi connectivity index (χ3n) is 4.06. The molecule has 28 heavy (non-hydrogen) atoms.